The van der Waals surface area contributed by atoms with Crippen molar-refractivity contribution in [2.24, 2.45) is 0 Å². The lowest BCUT2D eigenvalue weighted by molar-refractivity contribution is 0.248. The van der Waals surface area contributed by atoms with Crippen molar-refractivity contribution >= 4 is 8.20 Å². The van der Waals surface area contributed by atoms with Crippen LogP contribution in [-0.2, 0) is 9.09 Å². The van der Waals surface area contributed by atoms with E-state index in [9.17, 15) is 4.57 Å². The van der Waals surface area contributed by atoms with E-state index in [4.69, 9.17) is 6.17 Å². The Morgan fingerprint density at radius 2 is 2.56 bits per heavy atom. The molecular weight excluding hydrogens is 141 g/mol. The molecule has 0 aromatic heterocycles. The van der Waals surface area contributed by atoms with E-state index >= 15 is 0 Å². The Hall–Kier alpha value is 0.110. The molecule has 0 fully saturated rings. The van der Waals surface area contributed by atoms with Crippen LogP contribution in [0.15, 0.2) is 0 Å². The third-order valence-corrected chi connectivity index (χ3v) is 1.02. The van der Waals surface area contributed by atoms with Crippen molar-refractivity contribution in [3.05, 3.63) is 0 Å². The van der Waals surface area contributed by atoms with E-state index in [2.05, 4.69) is 9.84 Å². The summed E-state index contributed by atoms with van der Waals surface area (Å²) in [5, 5.41) is 2.73. The first kappa shape index (κ1) is 7.22. The third-order valence-electron chi connectivity index (χ3n) is 0.667. The van der Waals surface area contributed by atoms with Gasteiger partial charge in [-0.3, -0.25) is 14.4 Å². The van der Waals surface area contributed by atoms with Crippen LogP contribution in [0, 0.1) is 0 Å². The Morgan fingerprint density at radius 1 is 2.00 bits per heavy atom. The molecule has 56 valence electrons. The van der Waals surface area contributed by atoms with Crippen LogP contribution in [0.3, 0.4) is 0 Å². The fraction of sp³-hybridized carbons (Fsp3) is 1.00. The SMILES string of the molecule is [3H]P(=O)(O)OCNC(C)C. The summed E-state index contributed by atoms with van der Waals surface area (Å²) in [4.78, 5) is 8.29. The van der Waals surface area contributed by atoms with Crippen LogP contribution in [0.4, 0.5) is 0 Å². The van der Waals surface area contributed by atoms with Crippen LogP contribution < -0.4 is 5.32 Å². The molecule has 1 unspecified atom stereocenters. The van der Waals surface area contributed by atoms with Crippen molar-refractivity contribution in [2.45, 2.75) is 19.9 Å². The fourth-order valence-corrected chi connectivity index (χ4v) is 0.444. The van der Waals surface area contributed by atoms with E-state index in [0.29, 0.717) is 0 Å². The molecule has 0 amide bonds. The van der Waals surface area contributed by atoms with Crippen molar-refractivity contribution in [3.63, 3.8) is 0 Å². The second kappa shape index (κ2) is 4.94. The molecule has 0 aromatic carbocycles. The second-order valence-corrected chi connectivity index (χ2v) is 2.60. The maximum absolute atomic E-state index is 10.2. The molecule has 1 atom stereocenters. The molecule has 0 spiro atoms. The summed E-state index contributed by atoms with van der Waals surface area (Å²) in [5.74, 6) is 0. The monoisotopic (exact) mass is 155 g/mol. The molecule has 2 N–H and O–H groups in total. The lowest BCUT2D eigenvalue weighted by Crippen LogP contribution is -2.23. The Morgan fingerprint density at radius 3 is 2.89 bits per heavy atom. The van der Waals surface area contributed by atoms with Crippen molar-refractivity contribution in [1.82, 2.24) is 5.32 Å². The predicted molar refractivity (Wildman–Crippen MR) is 35.4 cm³/mol. The van der Waals surface area contributed by atoms with Crippen LogP contribution >= 0.6 is 8.20 Å². The van der Waals surface area contributed by atoms with Gasteiger partial charge in [0.05, 0.1) is 0 Å². The van der Waals surface area contributed by atoms with Crippen molar-refractivity contribution in [3.8, 4) is 0 Å². The molecule has 0 aliphatic carbocycles. The van der Waals surface area contributed by atoms with E-state index in [1.807, 2.05) is 13.8 Å². The van der Waals surface area contributed by atoms with E-state index in [1.165, 1.54) is 0 Å². The molecule has 0 bridgehead atoms. The number of hydrogen-bond acceptors (Lipinski definition) is 3. The summed E-state index contributed by atoms with van der Waals surface area (Å²) in [6, 6.07) is 0.187. The van der Waals surface area contributed by atoms with E-state index in [1.54, 1.807) is 0 Å². The van der Waals surface area contributed by atoms with Crippen molar-refractivity contribution < 1.29 is 14.0 Å². The van der Waals surface area contributed by atoms with Gasteiger partial charge in [0, 0.05) is 6.04 Å². The van der Waals surface area contributed by atoms with Gasteiger partial charge in [0.2, 0.25) is 0 Å². The highest BCUT2D eigenvalue weighted by Gasteiger charge is 1.92. The first-order valence-corrected chi connectivity index (χ1v) is 3.78. The number of rotatable bonds is 4. The quantitative estimate of drug-likeness (QED) is 0.454. The Balaban J connectivity index is 3.30. The predicted octanol–water partition coefficient (Wildman–Crippen LogP) is 0.340. The highest BCUT2D eigenvalue weighted by atomic mass is 31.1. The minimum absolute atomic E-state index is 0.0606. The molecule has 0 rings (SSSR count). The van der Waals surface area contributed by atoms with Gasteiger partial charge >= 0.3 is 8.20 Å². The summed E-state index contributed by atoms with van der Waals surface area (Å²) < 4.78 is 20.8. The van der Waals surface area contributed by atoms with Crippen molar-refractivity contribution in [1.29, 1.82) is 1.28 Å². The third kappa shape index (κ3) is 8.11. The molecular formula is C4H12NO3P. The Labute approximate surface area is 56.5 Å². The van der Waals surface area contributed by atoms with Gasteiger partial charge in [-0.25, -0.2) is 0 Å². The minimum Gasteiger partial charge on any atom is -0.326 e. The molecule has 0 saturated heterocycles. The van der Waals surface area contributed by atoms with E-state index < -0.39 is 8.20 Å². The average Bonchev–Trinajstić information content (AvgIpc) is 1.59. The number of hydrogen-bond donors (Lipinski definition) is 2. The number of nitrogens with one attached hydrogen (secondary N) is 1. The zero-order valence-electron chi connectivity index (χ0n) is 6.50. The van der Waals surface area contributed by atoms with Crippen molar-refractivity contribution in [2.75, 3.05) is 6.73 Å². The summed E-state index contributed by atoms with van der Waals surface area (Å²) in [7, 11) is -4.03. The Bertz CT molecular complexity index is 134. The van der Waals surface area contributed by atoms with Gasteiger partial charge < -0.3 is 4.89 Å². The standard InChI is InChI=1S/C4H12NO3P/c1-4(2)5-3-8-9(6)7/h4-5,9H,3H2,1-2H3,(H,6,7)/i9T. The lowest BCUT2D eigenvalue weighted by atomic mass is 10.4. The minimum atomic E-state index is -4.03. The Kier molecular flexibility index (Phi) is 3.96. The molecule has 0 aliphatic heterocycles. The van der Waals surface area contributed by atoms with E-state index in [0.717, 1.165) is 0 Å². The van der Waals surface area contributed by atoms with Crippen LogP contribution in [0.25, 0.3) is 0 Å². The first-order chi connectivity index (χ1) is 4.42. The second-order valence-electron chi connectivity index (χ2n) is 1.87. The molecule has 0 aliphatic rings. The van der Waals surface area contributed by atoms with Gasteiger partial charge in [-0.15, -0.1) is 0 Å². The molecule has 0 heterocycles. The fourth-order valence-electron chi connectivity index (χ4n) is 0.259. The zero-order chi connectivity index (χ0) is 8.20. The summed E-state index contributed by atoms with van der Waals surface area (Å²) in [6.07, 6.45) is 0. The highest BCUT2D eigenvalue weighted by Crippen LogP contribution is 2.12. The largest absolute Gasteiger partial charge is 0.326 e. The average molecular weight is 155 g/mol. The summed E-state index contributed by atoms with van der Waals surface area (Å²) in [6.45, 7) is 3.68. The van der Waals surface area contributed by atoms with Crippen LogP contribution in [-0.4, -0.2) is 18.9 Å². The summed E-state index contributed by atoms with van der Waals surface area (Å²) in [5.41, 5.74) is 0. The van der Waals surface area contributed by atoms with E-state index in [-0.39, 0.29) is 12.8 Å². The lowest BCUT2D eigenvalue weighted by Gasteiger charge is -2.05. The molecule has 0 saturated carbocycles. The smallest absolute Gasteiger partial charge is 0.317 e. The molecule has 0 radical (unpaired) electrons. The first-order valence-electron chi connectivity index (χ1n) is 3.10. The van der Waals surface area contributed by atoms with Gasteiger partial charge in [-0.2, -0.15) is 0 Å². The molecule has 0 aromatic rings. The zero-order valence-corrected chi connectivity index (χ0v) is 6.39. The molecule has 5 heteroatoms. The normalized spacial score (nSPS) is 19.3. The van der Waals surface area contributed by atoms with Crippen LogP contribution in [0.2, 0.25) is 0 Å². The van der Waals surface area contributed by atoms with Crippen LogP contribution in [0.1, 0.15) is 13.8 Å². The molecule has 9 heavy (non-hydrogen) atoms. The topological polar surface area (TPSA) is 58.6 Å². The maximum atomic E-state index is 10.2. The van der Waals surface area contributed by atoms with Gasteiger partial charge in [0.1, 0.15) is 6.73 Å². The maximum Gasteiger partial charge on any atom is 0.317 e. The van der Waals surface area contributed by atoms with Gasteiger partial charge in [0.25, 0.3) is 0 Å². The van der Waals surface area contributed by atoms with Gasteiger partial charge in [0.15, 0.2) is 1.28 Å². The summed E-state index contributed by atoms with van der Waals surface area (Å²) >= 11 is 0. The van der Waals surface area contributed by atoms with Gasteiger partial charge in [-0.1, -0.05) is 0 Å². The highest BCUT2D eigenvalue weighted by molar-refractivity contribution is 7.32. The van der Waals surface area contributed by atoms with Gasteiger partial charge in [-0.05, 0) is 13.8 Å². The van der Waals surface area contributed by atoms with Crippen LogP contribution in [0.5, 0.6) is 0 Å². The molecule has 4 nitrogen and oxygen atoms in total.